The van der Waals surface area contributed by atoms with Crippen molar-refractivity contribution in [2.45, 2.75) is 19.9 Å². The van der Waals surface area contributed by atoms with E-state index in [1.54, 1.807) is 29.7 Å². The Morgan fingerprint density at radius 1 is 1.50 bits per heavy atom. The van der Waals surface area contributed by atoms with Gasteiger partial charge in [0.05, 0.1) is 12.1 Å². The first-order valence-corrected chi connectivity index (χ1v) is 8.08. The predicted octanol–water partition coefficient (Wildman–Crippen LogP) is 3.66. The summed E-state index contributed by atoms with van der Waals surface area (Å²) < 4.78 is 1.04. The molecule has 106 valence electrons. The van der Waals surface area contributed by atoms with Crippen molar-refractivity contribution < 1.29 is 4.79 Å². The largest absolute Gasteiger partial charge is 0.369 e. The summed E-state index contributed by atoms with van der Waals surface area (Å²) in [5, 5.41) is 8.09. The van der Waals surface area contributed by atoms with Gasteiger partial charge >= 0.3 is 0 Å². The summed E-state index contributed by atoms with van der Waals surface area (Å²) in [6, 6.07) is 5.56. The molecule has 2 rings (SSSR count). The lowest BCUT2D eigenvalue weighted by Crippen LogP contribution is -2.24. The second kappa shape index (κ2) is 7.40. The fourth-order valence-electron chi connectivity index (χ4n) is 1.68. The highest BCUT2D eigenvalue weighted by molar-refractivity contribution is 9.10. The molecule has 0 saturated carbocycles. The number of carbonyl (C=O) groups is 1. The average Bonchev–Trinajstić information content (AvgIpc) is 2.88. The highest BCUT2D eigenvalue weighted by Crippen LogP contribution is 2.19. The van der Waals surface area contributed by atoms with Gasteiger partial charge in [0, 0.05) is 27.5 Å². The number of hydrogen-bond donors (Lipinski definition) is 2. The zero-order chi connectivity index (χ0) is 14.4. The van der Waals surface area contributed by atoms with Gasteiger partial charge in [-0.3, -0.25) is 4.79 Å². The number of nitrogens with zero attached hydrogens (tertiary/aromatic N) is 1. The van der Waals surface area contributed by atoms with Crippen LogP contribution in [-0.2, 0) is 6.54 Å². The van der Waals surface area contributed by atoms with Crippen molar-refractivity contribution in [3.8, 4) is 0 Å². The number of rotatable bonds is 6. The molecule has 0 unspecified atom stereocenters. The Balaban J connectivity index is 2.01. The van der Waals surface area contributed by atoms with Crippen molar-refractivity contribution in [3.05, 3.63) is 44.7 Å². The normalized spacial score (nSPS) is 10.3. The number of pyridine rings is 1. The van der Waals surface area contributed by atoms with Crippen LogP contribution in [-0.4, -0.2) is 17.4 Å². The van der Waals surface area contributed by atoms with Crippen molar-refractivity contribution in [3.63, 3.8) is 0 Å². The van der Waals surface area contributed by atoms with Gasteiger partial charge in [-0.25, -0.2) is 4.98 Å². The van der Waals surface area contributed by atoms with E-state index in [2.05, 4.69) is 38.5 Å². The second-order valence-electron chi connectivity index (χ2n) is 4.24. The molecule has 2 heterocycles. The van der Waals surface area contributed by atoms with E-state index in [1.165, 1.54) is 0 Å². The van der Waals surface area contributed by atoms with Crippen molar-refractivity contribution in [1.82, 2.24) is 10.3 Å². The summed E-state index contributed by atoms with van der Waals surface area (Å²) in [7, 11) is 0. The molecule has 0 aromatic carbocycles. The molecule has 0 atom stereocenters. The number of nitrogens with one attached hydrogen (secondary N) is 2. The molecule has 2 N–H and O–H groups in total. The van der Waals surface area contributed by atoms with Crippen LogP contribution in [0.15, 0.2) is 34.2 Å². The third-order valence-corrected chi connectivity index (χ3v) is 4.34. The van der Waals surface area contributed by atoms with Crippen molar-refractivity contribution in [2.24, 2.45) is 0 Å². The third kappa shape index (κ3) is 4.05. The van der Waals surface area contributed by atoms with Gasteiger partial charge in [0.25, 0.3) is 5.91 Å². The monoisotopic (exact) mass is 353 g/mol. The summed E-state index contributed by atoms with van der Waals surface area (Å²) in [6.45, 7) is 3.40. The first kappa shape index (κ1) is 15.0. The molecule has 0 aliphatic carbocycles. The van der Waals surface area contributed by atoms with Crippen LogP contribution in [0.1, 0.15) is 28.6 Å². The minimum Gasteiger partial charge on any atom is -0.369 e. The van der Waals surface area contributed by atoms with Crippen molar-refractivity contribution in [2.75, 3.05) is 11.9 Å². The molecule has 0 saturated heterocycles. The van der Waals surface area contributed by atoms with Gasteiger partial charge in [-0.15, -0.1) is 11.3 Å². The number of amides is 1. The van der Waals surface area contributed by atoms with E-state index in [9.17, 15) is 4.79 Å². The van der Waals surface area contributed by atoms with Gasteiger partial charge in [-0.1, -0.05) is 6.92 Å². The molecule has 0 fully saturated rings. The molecular weight excluding hydrogens is 338 g/mol. The van der Waals surface area contributed by atoms with Crippen LogP contribution in [0.2, 0.25) is 0 Å². The third-order valence-electron chi connectivity index (χ3n) is 2.64. The van der Waals surface area contributed by atoms with Gasteiger partial charge in [0.15, 0.2) is 0 Å². The number of aromatic nitrogens is 1. The van der Waals surface area contributed by atoms with Crippen LogP contribution in [0, 0.1) is 0 Å². The molecule has 1 amide bonds. The second-order valence-corrected chi connectivity index (χ2v) is 6.15. The highest BCUT2D eigenvalue weighted by Gasteiger charge is 2.11. The van der Waals surface area contributed by atoms with Gasteiger partial charge in [-0.05, 0) is 40.5 Å². The summed E-state index contributed by atoms with van der Waals surface area (Å²) >= 11 is 5.01. The molecule has 2 aromatic heterocycles. The summed E-state index contributed by atoms with van der Waals surface area (Å²) in [5.74, 6) is 0.528. The number of carbonyl (C=O) groups excluding carboxylic acids is 1. The average molecular weight is 354 g/mol. The Bertz CT molecular complexity index is 585. The van der Waals surface area contributed by atoms with Crippen LogP contribution >= 0.6 is 27.3 Å². The topological polar surface area (TPSA) is 54.0 Å². The Morgan fingerprint density at radius 2 is 2.35 bits per heavy atom. The van der Waals surface area contributed by atoms with E-state index in [-0.39, 0.29) is 5.91 Å². The van der Waals surface area contributed by atoms with Gasteiger partial charge < -0.3 is 10.6 Å². The summed E-state index contributed by atoms with van der Waals surface area (Å²) in [4.78, 5) is 17.5. The number of halogens is 1. The smallest absolute Gasteiger partial charge is 0.255 e. The van der Waals surface area contributed by atoms with E-state index in [0.29, 0.717) is 17.9 Å². The predicted molar refractivity (Wildman–Crippen MR) is 86.2 cm³/mol. The molecule has 4 nitrogen and oxygen atoms in total. The minimum absolute atomic E-state index is 0.110. The summed E-state index contributed by atoms with van der Waals surface area (Å²) in [5.41, 5.74) is 0.580. The zero-order valence-electron chi connectivity index (χ0n) is 11.1. The molecule has 2 aromatic rings. The Labute approximate surface area is 130 Å². The van der Waals surface area contributed by atoms with Gasteiger partial charge in [0.1, 0.15) is 5.82 Å². The Morgan fingerprint density at radius 3 is 3.05 bits per heavy atom. The van der Waals surface area contributed by atoms with E-state index in [1.807, 2.05) is 11.4 Å². The molecule has 0 radical (unpaired) electrons. The number of hydrogen-bond acceptors (Lipinski definition) is 4. The number of thiophene rings is 1. The molecule has 0 spiro atoms. The molecule has 0 bridgehead atoms. The fourth-order valence-corrected chi connectivity index (χ4v) is 3.07. The lowest BCUT2D eigenvalue weighted by atomic mass is 10.2. The SMILES string of the molecule is CCCNc1ncccc1C(=O)NCc1cc(Br)cs1. The summed E-state index contributed by atoms with van der Waals surface area (Å²) in [6.07, 6.45) is 2.67. The minimum atomic E-state index is -0.110. The number of anilines is 1. The maximum absolute atomic E-state index is 12.2. The zero-order valence-corrected chi connectivity index (χ0v) is 13.6. The van der Waals surface area contributed by atoms with E-state index >= 15 is 0 Å². The molecule has 0 aliphatic heterocycles. The maximum Gasteiger partial charge on any atom is 0.255 e. The lowest BCUT2D eigenvalue weighted by molar-refractivity contribution is 0.0952. The van der Waals surface area contributed by atoms with Crippen LogP contribution in [0.25, 0.3) is 0 Å². The van der Waals surface area contributed by atoms with Crippen LogP contribution in [0.5, 0.6) is 0 Å². The molecule has 6 heteroatoms. The van der Waals surface area contributed by atoms with Crippen molar-refractivity contribution >= 4 is 39.0 Å². The lowest BCUT2D eigenvalue weighted by Gasteiger charge is -2.10. The molecule has 0 aliphatic rings. The molecule has 20 heavy (non-hydrogen) atoms. The van der Waals surface area contributed by atoms with Gasteiger partial charge in [0.2, 0.25) is 0 Å². The van der Waals surface area contributed by atoms with Crippen LogP contribution < -0.4 is 10.6 Å². The van der Waals surface area contributed by atoms with E-state index < -0.39 is 0 Å². The Kier molecular flexibility index (Phi) is 5.55. The van der Waals surface area contributed by atoms with Gasteiger partial charge in [-0.2, -0.15) is 0 Å². The fraction of sp³-hybridized carbons (Fsp3) is 0.286. The Hall–Kier alpha value is -1.40. The quantitative estimate of drug-likeness (QED) is 0.833. The maximum atomic E-state index is 12.2. The van der Waals surface area contributed by atoms with E-state index in [4.69, 9.17) is 0 Å². The van der Waals surface area contributed by atoms with E-state index in [0.717, 1.165) is 22.3 Å². The molecular formula is C14H16BrN3OS. The van der Waals surface area contributed by atoms with Crippen LogP contribution in [0.4, 0.5) is 5.82 Å². The first-order chi connectivity index (χ1) is 9.70. The van der Waals surface area contributed by atoms with Crippen LogP contribution in [0.3, 0.4) is 0 Å². The standard InChI is InChI=1S/C14H16BrN3OS/c1-2-5-16-13-12(4-3-6-17-13)14(19)18-8-11-7-10(15)9-20-11/h3-4,6-7,9H,2,5,8H2,1H3,(H,16,17)(H,18,19). The first-order valence-electron chi connectivity index (χ1n) is 6.40. The van der Waals surface area contributed by atoms with Crippen molar-refractivity contribution in [1.29, 1.82) is 0 Å². The highest BCUT2D eigenvalue weighted by atomic mass is 79.9.